The summed E-state index contributed by atoms with van der Waals surface area (Å²) in [5.41, 5.74) is 6.19. The van der Waals surface area contributed by atoms with Crippen LogP contribution >= 0.6 is 0 Å². The molecular formula is C26H39N5O+2. The minimum atomic E-state index is 0.105. The average Bonchev–Trinajstić information content (AvgIpc) is 2.82. The molecule has 0 unspecified atom stereocenters. The van der Waals surface area contributed by atoms with Crippen molar-refractivity contribution in [3.8, 4) is 0 Å². The van der Waals surface area contributed by atoms with Crippen molar-refractivity contribution in [2.45, 2.75) is 20.8 Å². The van der Waals surface area contributed by atoms with Crippen LogP contribution in [0.3, 0.4) is 0 Å². The molecule has 0 bridgehead atoms. The van der Waals surface area contributed by atoms with E-state index in [1.807, 2.05) is 12.1 Å². The fourth-order valence-corrected chi connectivity index (χ4v) is 4.94. The zero-order valence-corrected chi connectivity index (χ0v) is 19.9. The summed E-state index contributed by atoms with van der Waals surface area (Å²) in [4.78, 5) is 20.6. The summed E-state index contributed by atoms with van der Waals surface area (Å²) in [7, 11) is 0. The first-order valence-electron chi connectivity index (χ1n) is 12.2. The highest BCUT2D eigenvalue weighted by atomic mass is 16.2. The van der Waals surface area contributed by atoms with Crippen molar-refractivity contribution in [1.29, 1.82) is 0 Å². The Morgan fingerprint density at radius 3 is 2.16 bits per heavy atom. The highest BCUT2D eigenvalue weighted by Crippen LogP contribution is 2.22. The molecule has 1 amide bonds. The number of likely N-dealkylation sites (N-methyl/N-ethyl adjacent to an activating group) is 1. The number of rotatable bonds is 6. The first-order valence-corrected chi connectivity index (χ1v) is 12.2. The van der Waals surface area contributed by atoms with Gasteiger partial charge in [-0.25, -0.2) is 0 Å². The van der Waals surface area contributed by atoms with Gasteiger partial charge in [0.05, 0.1) is 58.9 Å². The molecule has 0 spiro atoms. The van der Waals surface area contributed by atoms with Crippen molar-refractivity contribution in [1.82, 2.24) is 0 Å². The molecule has 0 atom stereocenters. The lowest BCUT2D eigenvalue weighted by molar-refractivity contribution is -0.898. The molecule has 3 N–H and O–H groups in total. The van der Waals surface area contributed by atoms with Crippen molar-refractivity contribution >= 4 is 23.0 Å². The highest BCUT2D eigenvalue weighted by molar-refractivity contribution is 5.91. The molecular weight excluding hydrogens is 398 g/mol. The van der Waals surface area contributed by atoms with Gasteiger partial charge in [-0.2, -0.15) is 0 Å². The molecule has 0 aromatic heterocycles. The van der Waals surface area contributed by atoms with Crippen LogP contribution in [0.4, 0.5) is 17.1 Å². The highest BCUT2D eigenvalue weighted by Gasteiger charge is 2.23. The van der Waals surface area contributed by atoms with Crippen molar-refractivity contribution in [3.05, 3.63) is 53.6 Å². The van der Waals surface area contributed by atoms with Gasteiger partial charge in [-0.15, -0.1) is 0 Å². The van der Waals surface area contributed by atoms with Crippen molar-refractivity contribution < 1.29 is 14.6 Å². The predicted octanol–water partition coefficient (Wildman–Crippen LogP) is 0.372. The number of nitrogens with one attached hydrogen (secondary N) is 3. The van der Waals surface area contributed by atoms with Crippen molar-refractivity contribution in [3.63, 3.8) is 0 Å². The third kappa shape index (κ3) is 5.43. The van der Waals surface area contributed by atoms with Crippen molar-refractivity contribution in [2.75, 3.05) is 80.6 Å². The molecule has 0 aliphatic carbocycles. The van der Waals surface area contributed by atoms with Gasteiger partial charge in [0.15, 0.2) is 6.54 Å². The molecule has 2 saturated heterocycles. The van der Waals surface area contributed by atoms with Gasteiger partial charge in [0, 0.05) is 17.1 Å². The van der Waals surface area contributed by atoms with Gasteiger partial charge >= 0.3 is 0 Å². The summed E-state index contributed by atoms with van der Waals surface area (Å²) in [5, 5.41) is 3.10. The number of hydrogen-bond acceptors (Lipinski definition) is 3. The Morgan fingerprint density at radius 2 is 1.50 bits per heavy atom. The molecule has 2 aliphatic heterocycles. The number of piperazine rings is 2. The van der Waals surface area contributed by atoms with Gasteiger partial charge in [-0.05, 0) is 62.2 Å². The standard InChI is InChI=1S/C26H37N5O/c1-4-28-12-16-30(17-13-28)24-10-8-23(9-11-24)27-26(32)20-29-14-18-31(19-15-29)25-7-5-6-21(2)22(25)3/h5-11H,4,12-20H2,1-3H3,(H,27,32)/p+2. The quantitative estimate of drug-likeness (QED) is 0.612. The van der Waals surface area contributed by atoms with E-state index in [1.54, 1.807) is 4.90 Å². The average molecular weight is 438 g/mol. The van der Waals surface area contributed by atoms with E-state index in [2.05, 4.69) is 66.2 Å². The summed E-state index contributed by atoms with van der Waals surface area (Å²) in [6.07, 6.45) is 0. The van der Waals surface area contributed by atoms with E-state index in [0.29, 0.717) is 6.54 Å². The van der Waals surface area contributed by atoms with E-state index in [0.717, 1.165) is 45.0 Å². The van der Waals surface area contributed by atoms with E-state index < -0.39 is 0 Å². The molecule has 2 fully saturated rings. The number of aryl methyl sites for hydroxylation is 1. The van der Waals surface area contributed by atoms with E-state index in [-0.39, 0.29) is 5.91 Å². The van der Waals surface area contributed by atoms with Crippen LogP contribution in [-0.2, 0) is 4.79 Å². The number of anilines is 3. The molecule has 32 heavy (non-hydrogen) atoms. The molecule has 4 rings (SSSR count). The van der Waals surface area contributed by atoms with E-state index in [4.69, 9.17) is 0 Å². The normalized spacial score (nSPS) is 18.1. The number of nitrogens with zero attached hydrogens (tertiary/aromatic N) is 2. The Bertz CT molecular complexity index is 897. The molecule has 0 saturated carbocycles. The van der Waals surface area contributed by atoms with Crippen LogP contribution in [-0.4, -0.2) is 71.4 Å². The van der Waals surface area contributed by atoms with Gasteiger partial charge < -0.3 is 24.9 Å². The smallest absolute Gasteiger partial charge is 0.279 e. The minimum absolute atomic E-state index is 0.105. The molecule has 0 radical (unpaired) electrons. The second kappa shape index (κ2) is 10.4. The maximum absolute atomic E-state index is 12.6. The summed E-state index contributed by atoms with van der Waals surface area (Å²) in [6, 6.07) is 14.9. The minimum Gasteiger partial charge on any atom is -0.360 e. The van der Waals surface area contributed by atoms with Gasteiger partial charge in [-0.1, -0.05) is 12.1 Å². The fourth-order valence-electron chi connectivity index (χ4n) is 4.94. The predicted molar refractivity (Wildman–Crippen MR) is 132 cm³/mol. The molecule has 6 nitrogen and oxygen atoms in total. The lowest BCUT2D eigenvalue weighted by atomic mass is 10.1. The number of benzene rings is 2. The Labute approximate surface area is 192 Å². The number of hydrogen-bond donors (Lipinski definition) is 3. The van der Waals surface area contributed by atoms with Gasteiger partial charge in [0.25, 0.3) is 5.91 Å². The molecule has 2 aliphatic rings. The van der Waals surface area contributed by atoms with Gasteiger partial charge in [0.2, 0.25) is 0 Å². The number of carbonyl (C=O) groups excluding carboxylic acids is 1. The van der Waals surface area contributed by atoms with E-state index in [9.17, 15) is 4.79 Å². The maximum atomic E-state index is 12.6. The molecule has 2 aromatic rings. The van der Waals surface area contributed by atoms with Crippen LogP contribution in [0.1, 0.15) is 18.1 Å². The Balaban J connectivity index is 1.23. The lowest BCUT2D eigenvalue weighted by Crippen LogP contribution is -3.15. The van der Waals surface area contributed by atoms with Crippen LogP contribution < -0.4 is 24.9 Å². The van der Waals surface area contributed by atoms with Gasteiger partial charge in [-0.3, -0.25) is 4.79 Å². The SMILES string of the molecule is CC[NH+]1CCN(c2ccc(NC(=O)C[NH+]3CCN(c4cccc(C)c4C)CC3)cc2)CC1. The van der Waals surface area contributed by atoms with Crippen LogP contribution in [0.25, 0.3) is 0 Å². The summed E-state index contributed by atoms with van der Waals surface area (Å²) >= 11 is 0. The monoisotopic (exact) mass is 437 g/mol. The largest absolute Gasteiger partial charge is 0.360 e. The molecule has 2 aromatic carbocycles. The summed E-state index contributed by atoms with van der Waals surface area (Å²) in [5.74, 6) is 0.105. The maximum Gasteiger partial charge on any atom is 0.279 e. The fraction of sp³-hybridized carbons (Fsp3) is 0.500. The second-order valence-electron chi connectivity index (χ2n) is 9.32. The summed E-state index contributed by atoms with van der Waals surface area (Å²) in [6.45, 7) is 17.0. The topological polar surface area (TPSA) is 44.5 Å². The first-order chi connectivity index (χ1) is 15.5. The Morgan fingerprint density at radius 1 is 0.875 bits per heavy atom. The Hall–Kier alpha value is -2.57. The number of carbonyl (C=O) groups is 1. The number of quaternary nitrogens is 2. The molecule has 2 heterocycles. The first kappa shape index (κ1) is 22.6. The lowest BCUT2D eigenvalue weighted by Gasteiger charge is -2.34. The second-order valence-corrected chi connectivity index (χ2v) is 9.32. The van der Waals surface area contributed by atoms with Crippen LogP contribution in [0.15, 0.2) is 42.5 Å². The summed E-state index contributed by atoms with van der Waals surface area (Å²) < 4.78 is 0. The van der Waals surface area contributed by atoms with E-state index in [1.165, 1.54) is 47.0 Å². The molecule has 6 heteroatoms. The zero-order chi connectivity index (χ0) is 22.5. The third-order valence-corrected chi connectivity index (χ3v) is 7.28. The van der Waals surface area contributed by atoms with Crippen LogP contribution in [0.5, 0.6) is 0 Å². The Kier molecular flexibility index (Phi) is 7.33. The van der Waals surface area contributed by atoms with Crippen LogP contribution in [0, 0.1) is 13.8 Å². The van der Waals surface area contributed by atoms with E-state index >= 15 is 0 Å². The number of amides is 1. The molecule has 172 valence electrons. The van der Waals surface area contributed by atoms with Crippen molar-refractivity contribution in [2.24, 2.45) is 0 Å². The van der Waals surface area contributed by atoms with Crippen LogP contribution in [0.2, 0.25) is 0 Å². The van der Waals surface area contributed by atoms with Gasteiger partial charge in [0.1, 0.15) is 0 Å². The third-order valence-electron chi connectivity index (χ3n) is 7.28. The zero-order valence-electron chi connectivity index (χ0n) is 19.9.